The number of nitrogens with zero attached hydrogens (tertiary/aromatic N) is 1. The Kier molecular flexibility index (Phi) is 5.76. The summed E-state index contributed by atoms with van der Waals surface area (Å²) < 4.78 is 28.5. The zero-order valence-electron chi connectivity index (χ0n) is 11.9. The van der Waals surface area contributed by atoms with Crippen molar-refractivity contribution in [3.05, 3.63) is 0 Å². The Bertz CT molecular complexity index is 406. The van der Waals surface area contributed by atoms with E-state index in [-0.39, 0.29) is 12.5 Å². The van der Waals surface area contributed by atoms with E-state index in [1.165, 1.54) is 13.8 Å². The Labute approximate surface area is 115 Å². The lowest BCUT2D eigenvalue weighted by atomic mass is 10.2. The summed E-state index contributed by atoms with van der Waals surface area (Å²) >= 11 is 0. The Hall–Kier alpha value is -0.660. The van der Waals surface area contributed by atoms with Crippen LogP contribution in [0.2, 0.25) is 0 Å². The summed E-state index contributed by atoms with van der Waals surface area (Å²) in [4.78, 5) is 11.6. The molecule has 1 heterocycles. The quantitative estimate of drug-likeness (QED) is 0.620. The SMILES string of the molecule is CCOCCCCNCCN1C(=O)C(C)(C)S1(=O)=O. The van der Waals surface area contributed by atoms with Crippen LogP contribution in [-0.2, 0) is 19.6 Å². The number of rotatable bonds is 9. The van der Waals surface area contributed by atoms with Crippen LogP contribution >= 0.6 is 0 Å². The predicted molar refractivity (Wildman–Crippen MR) is 73.3 cm³/mol. The van der Waals surface area contributed by atoms with Gasteiger partial charge >= 0.3 is 0 Å². The van der Waals surface area contributed by atoms with Crippen LogP contribution in [-0.4, -0.2) is 56.2 Å². The van der Waals surface area contributed by atoms with Gasteiger partial charge < -0.3 is 10.1 Å². The molecule has 0 saturated carbocycles. The standard InChI is InChI=1S/C12H24N2O4S/c1-4-18-10-6-5-7-13-8-9-14-11(15)12(2,3)19(14,16)17/h13H,4-10H2,1-3H3. The van der Waals surface area contributed by atoms with E-state index in [0.29, 0.717) is 6.54 Å². The molecule has 0 aromatic heterocycles. The highest BCUT2D eigenvalue weighted by molar-refractivity contribution is 7.94. The first-order valence-corrected chi connectivity index (χ1v) is 8.15. The van der Waals surface area contributed by atoms with Crippen molar-refractivity contribution < 1.29 is 17.9 Å². The minimum atomic E-state index is -3.43. The van der Waals surface area contributed by atoms with Gasteiger partial charge in [-0.3, -0.25) is 4.79 Å². The topological polar surface area (TPSA) is 75.7 Å². The third-order valence-corrected chi connectivity index (χ3v) is 5.66. The van der Waals surface area contributed by atoms with Crippen molar-refractivity contribution in [3.8, 4) is 0 Å². The third kappa shape index (κ3) is 3.46. The molecule has 1 aliphatic rings. The number of nitrogens with one attached hydrogen (secondary N) is 1. The van der Waals surface area contributed by atoms with Gasteiger partial charge in [-0.25, -0.2) is 12.7 Å². The fourth-order valence-electron chi connectivity index (χ4n) is 1.88. The molecule has 1 amide bonds. The van der Waals surface area contributed by atoms with Gasteiger partial charge in [-0.1, -0.05) is 0 Å². The van der Waals surface area contributed by atoms with Crippen LogP contribution in [0.1, 0.15) is 33.6 Å². The van der Waals surface area contributed by atoms with Crippen LogP contribution in [0.15, 0.2) is 0 Å². The fraction of sp³-hybridized carbons (Fsp3) is 0.917. The highest BCUT2D eigenvalue weighted by Gasteiger charge is 2.59. The molecule has 1 saturated heterocycles. The van der Waals surface area contributed by atoms with Crippen LogP contribution in [0.4, 0.5) is 0 Å². The van der Waals surface area contributed by atoms with Crippen molar-refractivity contribution in [2.24, 2.45) is 0 Å². The molecule has 0 bridgehead atoms. The lowest BCUT2D eigenvalue weighted by molar-refractivity contribution is -0.132. The molecule has 0 aromatic carbocycles. The number of carbonyl (C=O) groups excluding carboxylic acids is 1. The van der Waals surface area contributed by atoms with Gasteiger partial charge in [0.05, 0.1) is 0 Å². The molecule has 1 rings (SSSR count). The summed E-state index contributed by atoms with van der Waals surface area (Å²) in [5, 5.41) is 3.13. The molecule has 0 radical (unpaired) electrons. The maximum Gasteiger partial charge on any atom is 0.258 e. The minimum absolute atomic E-state index is 0.218. The van der Waals surface area contributed by atoms with Gasteiger partial charge in [-0.2, -0.15) is 0 Å². The highest BCUT2D eigenvalue weighted by Crippen LogP contribution is 2.34. The Morgan fingerprint density at radius 1 is 1.26 bits per heavy atom. The average Bonchev–Trinajstić information content (AvgIpc) is 2.35. The molecule has 7 heteroatoms. The molecule has 0 atom stereocenters. The predicted octanol–water partition coefficient (Wildman–Crippen LogP) is 0.343. The van der Waals surface area contributed by atoms with Crippen molar-refractivity contribution in [3.63, 3.8) is 0 Å². The number of hydrogen-bond acceptors (Lipinski definition) is 5. The summed E-state index contributed by atoms with van der Waals surface area (Å²) in [7, 11) is -3.43. The molecule has 0 aliphatic carbocycles. The minimum Gasteiger partial charge on any atom is -0.382 e. The number of hydrogen-bond donors (Lipinski definition) is 1. The highest BCUT2D eigenvalue weighted by atomic mass is 32.2. The first-order valence-electron chi connectivity index (χ1n) is 6.71. The first kappa shape index (κ1) is 16.4. The van der Waals surface area contributed by atoms with Gasteiger partial charge in [0.25, 0.3) is 15.9 Å². The van der Waals surface area contributed by atoms with Crippen LogP contribution in [0.3, 0.4) is 0 Å². The summed E-state index contributed by atoms with van der Waals surface area (Å²) in [6, 6.07) is 0. The normalized spacial score (nSPS) is 20.4. The Morgan fingerprint density at radius 2 is 1.95 bits per heavy atom. The molecule has 0 unspecified atom stereocenters. The van der Waals surface area contributed by atoms with Crippen molar-refractivity contribution in [1.29, 1.82) is 0 Å². The van der Waals surface area contributed by atoms with E-state index < -0.39 is 14.8 Å². The zero-order valence-corrected chi connectivity index (χ0v) is 12.8. The molecule has 1 aliphatic heterocycles. The number of carbonyl (C=O) groups is 1. The van der Waals surface area contributed by atoms with Gasteiger partial charge in [0, 0.05) is 26.3 Å². The van der Waals surface area contributed by atoms with Crippen molar-refractivity contribution in [2.45, 2.75) is 38.4 Å². The molecule has 1 fully saturated rings. The summed E-state index contributed by atoms with van der Waals surface area (Å²) in [5.74, 6) is -0.314. The van der Waals surface area contributed by atoms with E-state index >= 15 is 0 Å². The maximum absolute atomic E-state index is 11.8. The van der Waals surface area contributed by atoms with Crippen molar-refractivity contribution in [2.75, 3.05) is 32.8 Å². The van der Waals surface area contributed by atoms with Crippen LogP contribution in [0.25, 0.3) is 0 Å². The largest absolute Gasteiger partial charge is 0.382 e. The Balaban J connectivity index is 2.13. The first-order chi connectivity index (χ1) is 8.85. The Morgan fingerprint density at radius 3 is 2.53 bits per heavy atom. The summed E-state index contributed by atoms with van der Waals surface area (Å²) in [6.45, 7) is 7.86. The molecular weight excluding hydrogens is 268 g/mol. The smallest absolute Gasteiger partial charge is 0.258 e. The number of ether oxygens (including phenoxy) is 1. The van der Waals surface area contributed by atoms with Crippen LogP contribution in [0.5, 0.6) is 0 Å². The monoisotopic (exact) mass is 292 g/mol. The molecule has 1 N–H and O–H groups in total. The lowest BCUT2D eigenvalue weighted by Gasteiger charge is -2.43. The third-order valence-electron chi connectivity index (χ3n) is 3.26. The van der Waals surface area contributed by atoms with Crippen molar-refractivity contribution in [1.82, 2.24) is 9.62 Å². The van der Waals surface area contributed by atoms with Crippen molar-refractivity contribution >= 4 is 15.9 Å². The molecular formula is C12H24N2O4S. The zero-order chi connectivity index (χ0) is 14.5. The number of amides is 1. The summed E-state index contributed by atoms with van der Waals surface area (Å²) in [6.07, 6.45) is 1.96. The molecule has 6 nitrogen and oxygen atoms in total. The average molecular weight is 292 g/mol. The van der Waals surface area contributed by atoms with E-state index in [1.807, 2.05) is 6.92 Å². The van der Waals surface area contributed by atoms with E-state index in [1.54, 1.807) is 0 Å². The second kappa shape index (κ2) is 6.67. The summed E-state index contributed by atoms with van der Waals surface area (Å²) in [5.41, 5.74) is 0. The molecule has 0 spiro atoms. The van der Waals surface area contributed by atoms with E-state index in [0.717, 1.165) is 36.9 Å². The lowest BCUT2D eigenvalue weighted by Crippen LogP contribution is -2.68. The number of unbranched alkanes of at least 4 members (excludes halogenated alkanes) is 1. The molecule has 0 aromatic rings. The van der Waals surface area contributed by atoms with Gasteiger partial charge in [0.2, 0.25) is 0 Å². The molecule has 112 valence electrons. The van der Waals surface area contributed by atoms with Gasteiger partial charge in [0.15, 0.2) is 4.75 Å². The maximum atomic E-state index is 11.8. The fourth-order valence-corrected chi connectivity index (χ4v) is 3.41. The van der Waals surface area contributed by atoms with E-state index in [4.69, 9.17) is 4.74 Å². The van der Waals surface area contributed by atoms with Gasteiger partial charge in [0.1, 0.15) is 0 Å². The molecule has 19 heavy (non-hydrogen) atoms. The number of sulfonamides is 1. The van der Waals surface area contributed by atoms with Crippen LogP contribution < -0.4 is 5.32 Å². The van der Waals surface area contributed by atoms with Crippen LogP contribution in [0, 0.1) is 0 Å². The van der Waals surface area contributed by atoms with E-state index in [9.17, 15) is 13.2 Å². The van der Waals surface area contributed by atoms with E-state index in [2.05, 4.69) is 5.32 Å². The second-order valence-electron chi connectivity index (χ2n) is 5.05. The second-order valence-corrected chi connectivity index (χ2v) is 7.46. The van der Waals surface area contributed by atoms with Gasteiger partial charge in [-0.05, 0) is 40.2 Å². The van der Waals surface area contributed by atoms with Gasteiger partial charge in [-0.15, -0.1) is 0 Å².